The summed E-state index contributed by atoms with van der Waals surface area (Å²) in [5.74, 6) is -0.315. The number of ether oxygens (including phenoxy) is 1. The van der Waals surface area contributed by atoms with Gasteiger partial charge in [0.05, 0.1) is 13.5 Å². The van der Waals surface area contributed by atoms with Crippen LogP contribution in [0.25, 0.3) is 0 Å². The SMILES string of the molecule is COc1ccc(Br)c(Br)c1CC(=O)O. The number of halogens is 2. The number of carbonyl (C=O) groups is 1. The Morgan fingerprint density at radius 2 is 2.14 bits per heavy atom. The van der Waals surface area contributed by atoms with Crippen LogP contribution in [0.1, 0.15) is 5.56 Å². The first kappa shape index (κ1) is 11.5. The number of benzene rings is 1. The lowest BCUT2D eigenvalue weighted by Gasteiger charge is -2.09. The maximum atomic E-state index is 10.6. The molecule has 14 heavy (non-hydrogen) atoms. The molecule has 0 aliphatic carbocycles. The average molecular weight is 324 g/mol. The third-order valence-electron chi connectivity index (χ3n) is 1.70. The molecule has 1 rings (SSSR count). The summed E-state index contributed by atoms with van der Waals surface area (Å²) in [6.45, 7) is 0. The molecule has 0 heterocycles. The van der Waals surface area contributed by atoms with Crippen molar-refractivity contribution in [1.29, 1.82) is 0 Å². The van der Waals surface area contributed by atoms with Gasteiger partial charge >= 0.3 is 5.97 Å². The number of rotatable bonds is 3. The molecule has 0 aromatic heterocycles. The van der Waals surface area contributed by atoms with Crippen LogP contribution in [0.4, 0.5) is 0 Å². The zero-order valence-corrected chi connectivity index (χ0v) is 10.6. The summed E-state index contributed by atoms with van der Waals surface area (Å²) in [6.07, 6.45) is -0.0663. The van der Waals surface area contributed by atoms with E-state index >= 15 is 0 Å². The molecule has 0 saturated carbocycles. The van der Waals surface area contributed by atoms with Crippen LogP contribution < -0.4 is 4.74 Å². The molecule has 0 atom stereocenters. The minimum atomic E-state index is -0.887. The van der Waals surface area contributed by atoms with Crippen LogP contribution >= 0.6 is 31.9 Å². The monoisotopic (exact) mass is 322 g/mol. The highest BCUT2D eigenvalue weighted by molar-refractivity contribution is 9.13. The van der Waals surface area contributed by atoms with Gasteiger partial charge in [0, 0.05) is 14.5 Å². The van der Waals surface area contributed by atoms with Crippen LogP contribution in [0, 0.1) is 0 Å². The summed E-state index contributed by atoms with van der Waals surface area (Å²) in [6, 6.07) is 3.53. The van der Waals surface area contributed by atoms with Gasteiger partial charge in [-0.05, 0) is 44.0 Å². The molecular weight excluding hydrogens is 316 g/mol. The molecule has 1 aromatic rings. The van der Waals surface area contributed by atoms with E-state index in [0.717, 1.165) is 8.95 Å². The van der Waals surface area contributed by atoms with Gasteiger partial charge in [-0.15, -0.1) is 0 Å². The maximum Gasteiger partial charge on any atom is 0.308 e. The van der Waals surface area contributed by atoms with Crippen LogP contribution in [-0.2, 0) is 11.2 Å². The first-order chi connectivity index (χ1) is 6.56. The van der Waals surface area contributed by atoms with Gasteiger partial charge in [-0.2, -0.15) is 0 Å². The Hall–Kier alpha value is -0.550. The number of methoxy groups -OCH3 is 1. The topological polar surface area (TPSA) is 46.5 Å². The van der Waals surface area contributed by atoms with Gasteiger partial charge < -0.3 is 9.84 Å². The second-order valence-corrected chi connectivity index (χ2v) is 4.26. The third kappa shape index (κ3) is 2.48. The molecule has 0 saturated heterocycles. The van der Waals surface area contributed by atoms with Crippen LogP contribution in [-0.4, -0.2) is 18.2 Å². The predicted octanol–water partition coefficient (Wildman–Crippen LogP) is 2.85. The fraction of sp³-hybridized carbons (Fsp3) is 0.222. The van der Waals surface area contributed by atoms with E-state index in [0.29, 0.717) is 11.3 Å². The van der Waals surface area contributed by atoms with Crippen LogP contribution in [0.15, 0.2) is 21.1 Å². The van der Waals surface area contributed by atoms with Crippen LogP contribution in [0.3, 0.4) is 0 Å². The van der Waals surface area contributed by atoms with Gasteiger partial charge in [-0.3, -0.25) is 4.79 Å². The van der Waals surface area contributed by atoms with Crippen molar-refractivity contribution in [1.82, 2.24) is 0 Å². The average Bonchev–Trinajstić information content (AvgIpc) is 2.13. The molecular formula is C9H8Br2O3. The van der Waals surface area contributed by atoms with Crippen molar-refractivity contribution in [2.24, 2.45) is 0 Å². The van der Waals surface area contributed by atoms with Gasteiger partial charge in [-0.25, -0.2) is 0 Å². The zero-order valence-electron chi connectivity index (χ0n) is 7.38. The molecule has 0 amide bonds. The number of hydrogen-bond acceptors (Lipinski definition) is 2. The van der Waals surface area contributed by atoms with Crippen LogP contribution in [0.5, 0.6) is 5.75 Å². The van der Waals surface area contributed by atoms with Gasteiger partial charge in [0.1, 0.15) is 5.75 Å². The first-order valence-corrected chi connectivity index (χ1v) is 5.37. The fourth-order valence-electron chi connectivity index (χ4n) is 1.08. The van der Waals surface area contributed by atoms with E-state index in [1.54, 1.807) is 12.1 Å². The molecule has 0 fully saturated rings. The highest BCUT2D eigenvalue weighted by atomic mass is 79.9. The van der Waals surface area contributed by atoms with Crippen molar-refractivity contribution >= 4 is 37.8 Å². The van der Waals surface area contributed by atoms with E-state index in [4.69, 9.17) is 9.84 Å². The number of carboxylic acid groups (broad SMARTS) is 1. The molecule has 0 aliphatic heterocycles. The minimum absolute atomic E-state index is 0.0663. The molecule has 5 heteroatoms. The summed E-state index contributed by atoms with van der Waals surface area (Å²) < 4.78 is 6.60. The second kappa shape index (κ2) is 4.79. The Morgan fingerprint density at radius 1 is 1.50 bits per heavy atom. The second-order valence-electron chi connectivity index (χ2n) is 2.61. The Morgan fingerprint density at radius 3 is 2.64 bits per heavy atom. The van der Waals surface area contributed by atoms with Crippen LogP contribution in [0.2, 0.25) is 0 Å². The van der Waals surface area contributed by atoms with Crippen molar-refractivity contribution in [2.45, 2.75) is 6.42 Å². The maximum absolute atomic E-state index is 10.6. The highest BCUT2D eigenvalue weighted by Gasteiger charge is 2.13. The Labute approximate surface area is 98.3 Å². The number of hydrogen-bond donors (Lipinski definition) is 1. The Balaban J connectivity index is 3.20. The molecule has 0 unspecified atom stereocenters. The number of carboxylic acids is 1. The zero-order chi connectivity index (χ0) is 10.7. The Kier molecular flexibility index (Phi) is 3.95. The van der Waals surface area contributed by atoms with Crippen molar-refractivity contribution < 1.29 is 14.6 Å². The van der Waals surface area contributed by atoms with Crippen molar-refractivity contribution in [3.63, 3.8) is 0 Å². The normalized spacial score (nSPS) is 9.93. The summed E-state index contributed by atoms with van der Waals surface area (Å²) in [4.78, 5) is 10.6. The molecule has 1 N–H and O–H groups in total. The van der Waals surface area contributed by atoms with E-state index < -0.39 is 5.97 Å². The lowest BCUT2D eigenvalue weighted by atomic mass is 10.1. The van der Waals surface area contributed by atoms with Crippen molar-refractivity contribution in [3.8, 4) is 5.75 Å². The van der Waals surface area contributed by atoms with Crippen molar-refractivity contribution in [3.05, 3.63) is 26.6 Å². The van der Waals surface area contributed by atoms with Gasteiger partial charge in [0.2, 0.25) is 0 Å². The first-order valence-electron chi connectivity index (χ1n) is 3.79. The van der Waals surface area contributed by atoms with Gasteiger partial charge in [0.15, 0.2) is 0 Å². The number of aliphatic carboxylic acids is 1. The molecule has 3 nitrogen and oxygen atoms in total. The quantitative estimate of drug-likeness (QED) is 0.930. The van der Waals surface area contributed by atoms with E-state index in [1.807, 2.05) is 0 Å². The highest BCUT2D eigenvalue weighted by Crippen LogP contribution is 2.33. The fourth-order valence-corrected chi connectivity index (χ4v) is 1.92. The summed E-state index contributed by atoms with van der Waals surface area (Å²) in [5.41, 5.74) is 0.634. The molecule has 0 bridgehead atoms. The van der Waals surface area contributed by atoms with E-state index in [-0.39, 0.29) is 6.42 Å². The summed E-state index contributed by atoms with van der Waals surface area (Å²) in [5, 5.41) is 8.71. The largest absolute Gasteiger partial charge is 0.496 e. The van der Waals surface area contributed by atoms with Gasteiger partial charge in [-0.1, -0.05) is 0 Å². The lowest BCUT2D eigenvalue weighted by molar-refractivity contribution is -0.136. The van der Waals surface area contributed by atoms with E-state index in [9.17, 15) is 4.79 Å². The molecule has 0 radical (unpaired) electrons. The molecule has 1 aromatic carbocycles. The predicted molar refractivity (Wildman–Crippen MR) is 59.7 cm³/mol. The van der Waals surface area contributed by atoms with Gasteiger partial charge in [0.25, 0.3) is 0 Å². The minimum Gasteiger partial charge on any atom is -0.496 e. The molecule has 0 spiro atoms. The third-order valence-corrected chi connectivity index (χ3v) is 3.80. The smallest absolute Gasteiger partial charge is 0.308 e. The Bertz CT molecular complexity index is 363. The van der Waals surface area contributed by atoms with E-state index in [2.05, 4.69) is 31.9 Å². The standard InChI is InChI=1S/C9H8Br2O3/c1-14-7-3-2-6(10)9(11)5(7)4-8(12)13/h2-3H,4H2,1H3,(H,12,13). The summed E-state index contributed by atoms with van der Waals surface area (Å²) >= 11 is 6.61. The molecule has 0 aliphatic rings. The van der Waals surface area contributed by atoms with Crippen molar-refractivity contribution in [2.75, 3.05) is 7.11 Å². The lowest BCUT2D eigenvalue weighted by Crippen LogP contribution is -2.03. The molecule has 76 valence electrons. The van der Waals surface area contributed by atoms with E-state index in [1.165, 1.54) is 7.11 Å². The summed E-state index contributed by atoms with van der Waals surface area (Å²) in [7, 11) is 1.51.